The number of rotatable bonds is 4. The van der Waals surface area contributed by atoms with Crippen LogP contribution in [0.15, 0.2) is 30.5 Å². The molecule has 2 heterocycles. The maximum absolute atomic E-state index is 12.5. The molecule has 1 aromatic carbocycles. The van der Waals surface area contributed by atoms with Gasteiger partial charge >= 0.3 is 10.2 Å². The first kappa shape index (κ1) is 15.7. The number of morpholine rings is 1. The summed E-state index contributed by atoms with van der Waals surface area (Å²) in [5, 5.41) is 0.628. The molecule has 0 spiro atoms. The van der Waals surface area contributed by atoms with Crippen LogP contribution in [-0.4, -0.2) is 49.9 Å². The van der Waals surface area contributed by atoms with Gasteiger partial charge in [0.1, 0.15) is 0 Å². The number of nitrogens with two attached hydrogens (primary N) is 1. The lowest BCUT2D eigenvalue weighted by atomic mass is 10.1. The minimum Gasteiger partial charge on any atom is -0.379 e. The Balaban J connectivity index is 2.03. The molecule has 0 unspecified atom stereocenters. The second-order valence-corrected chi connectivity index (χ2v) is 6.75. The summed E-state index contributed by atoms with van der Waals surface area (Å²) in [4.78, 5) is 15.7. The number of nitrogens with zero attached hydrogens (tertiary/aromatic N) is 2. The molecule has 1 saturated heterocycles. The number of carbonyl (C=O) groups is 1. The Bertz CT molecular complexity index is 847. The Morgan fingerprint density at radius 1 is 1.30 bits per heavy atom. The van der Waals surface area contributed by atoms with Gasteiger partial charge in [-0.3, -0.25) is 14.5 Å². The number of primary amides is 1. The average molecular weight is 336 g/mol. The van der Waals surface area contributed by atoms with Gasteiger partial charge in [-0.15, -0.1) is 0 Å². The molecule has 1 aromatic heterocycles. The van der Waals surface area contributed by atoms with Crippen LogP contribution >= 0.6 is 0 Å². The standard InChI is InChI=1S/C14H16N4O4S/c15-14(19)11-8-10-2-1-3-16-13(10)12(9-11)17-23(20,21)18-4-6-22-7-5-18/h1-3,8-9,17H,4-7H2,(H2,15,19). The molecule has 8 nitrogen and oxygen atoms in total. The summed E-state index contributed by atoms with van der Waals surface area (Å²) in [6.45, 7) is 1.24. The van der Waals surface area contributed by atoms with E-state index in [1.807, 2.05) is 0 Å². The highest BCUT2D eigenvalue weighted by molar-refractivity contribution is 7.90. The molecule has 1 fully saturated rings. The van der Waals surface area contributed by atoms with Crippen molar-refractivity contribution >= 4 is 32.7 Å². The lowest BCUT2D eigenvalue weighted by Crippen LogP contribution is -2.43. The first-order chi connectivity index (χ1) is 11.0. The molecule has 3 N–H and O–H groups in total. The van der Waals surface area contributed by atoms with E-state index in [4.69, 9.17) is 10.5 Å². The van der Waals surface area contributed by atoms with Crippen LogP contribution in [0.2, 0.25) is 0 Å². The molecule has 3 rings (SSSR count). The van der Waals surface area contributed by atoms with Gasteiger partial charge in [0.25, 0.3) is 0 Å². The third-order valence-corrected chi connectivity index (χ3v) is 5.06. The summed E-state index contributed by atoms with van der Waals surface area (Å²) in [7, 11) is -3.76. The number of fused-ring (bicyclic) bond motifs is 1. The van der Waals surface area contributed by atoms with Crippen LogP contribution < -0.4 is 10.5 Å². The van der Waals surface area contributed by atoms with Gasteiger partial charge in [-0.2, -0.15) is 12.7 Å². The summed E-state index contributed by atoms with van der Waals surface area (Å²) in [5.74, 6) is -0.637. The van der Waals surface area contributed by atoms with Crippen molar-refractivity contribution in [1.82, 2.24) is 9.29 Å². The lowest BCUT2D eigenvalue weighted by molar-refractivity contribution is 0.0733. The van der Waals surface area contributed by atoms with Crippen LogP contribution in [0.5, 0.6) is 0 Å². The van der Waals surface area contributed by atoms with Crippen LogP contribution in [-0.2, 0) is 14.9 Å². The zero-order valence-corrected chi connectivity index (χ0v) is 13.0. The Morgan fingerprint density at radius 2 is 2.04 bits per heavy atom. The predicted molar refractivity (Wildman–Crippen MR) is 85.2 cm³/mol. The van der Waals surface area contributed by atoms with E-state index in [1.54, 1.807) is 24.4 Å². The number of anilines is 1. The molecule has 1 aliphatic rings. The Labute approximate surface area is 133 Å². The highest BCUT2D eigenvalue weighted by Crippen LogP contribution is 2.25. The molecule has 1 aliphatic heterocycles. The minimum absolute atomic E-state index is 0.213. The van der Waals surface area contributed by atoms with Crippen molar-refractivity contribution in [1.29, 1.82) is 0 Å². The molecule has 0 atom stereocenters. The largest absolute Gasteiger partial charge is 0.379 e. The zero-order chi connectivity index (χ0) is 16.4. The van der Waals surface area contributed by atoms with E-state index in [0.29, 0.717) is 24.1 Å². The van der Waals surface area contributed by atoms with Crippen LogP contribution in [0, 0.1) is 0 Å². The van der Waals surface area contributed by atoms with Crippen molar-refractivity contribution < 1.29 is 17.9 Å². The number of ether oxygens (including phenoxy) is 1. The van der Waals surface area contributed by atoms with Crippen molar-refractivity contribution in [3.63, 3.8) is 0 Å². The van der Waals surface area contributed by atoms with Gasteiger partial charge in [0.2, 0.25) is 5.91 Å². The van der Waals surface area contributed by atoms with E-state index in [-0.39, 0.29) is 24.3 Å². The fourth-order valence-electron chi connectivity index (χ4n) is 2.40. The summed E-state index contributed by atoms with van der Waals surface area (Å²) in [5.41, 5.74) is 6.21. The molecule has 9 heteroatoms. The number of nitrogens with one attached hydrogen (secondary N) is 1. The minimum atomic E-state index is -3.76. The summed E-state index contributed by atoms with van der Waals surface area (Å²) in [6.07, 6.45) is 1.55. The van der Waals surface area contributed by atoms with Crippen LogP contribution in [0.4, 0.5) is 5.69 Å². The van der Waals surface area contributed by atoms with Gasteiger partial charge in [0, 0.05) is 30.2 Å². The maximum atomic E-state index is 12.5. The van der Waals surface area contributed by atoms with Crippen molar-refractivity contribution in [3.05, 3.63) is 36.0 Å². The maximum Gasteiger partial charge on any atom is 0.301 e. The molecule has 122 valence electrons. The molecular formula is C14H16N4O4S. The van der Waals surface area contributed by atoms with E-state index in [0.717, 1.165) is 0 Å². The quantitative estimate of drug-likeness (QED) is 0.834. The summed E-state index contributed by atoms with van der Waals surface area (Å²) < 4.78 is 33.9. The second-order valence-electron chi connectivity index (χ2n) is 5.08. The van der Waals surface area contributed by atoms with Crippen molar-refractivity contribution in [2.45, 2.75) is 0 Å². The fraction of sp³-hybridized carbons (Fsp3) is 0.286. The van der Waals surface area contributed by atoms with Crippen molar-refractivity contribution in [2.24, 2.45) is 5.73 Å². The highest BCUT2D eigenvalue weighted by atomic mass is 32.2. The number of pyridine rings is 1. The van der Waals surface area contributed by atoms with Gasteiger partial charge < -0.3 is 10.5 Å². The highest BCUT2D eigenvalue weighted by Gasteiger charge is 2.25. The normalized spacial score (nSPS) is 16.3. The Morgan fingerprint density at radius 3 is 2.74 bits per heavy atom. The number of carbonyl (C=O) groups excluding carboxylic acids is 1. The monoisotopic (exact) mass is 336 g/mol. The molecule has 0 aliphatic carbocycles. The van der Waals surface area contributed by atoms with Gasteiger partial charge in [-0.05, 0) is 18.2 Å². The van der Waals surface area contributed by atoms with Crippen molar-refractivity contribution in [2.75, 3.05) is 31.0 Å². The smallest absolute Gasteiger partial charge is 0.301 e. The van der Waals surface area contributed by atoms with Gasteiger partial charge in [0.05, 0.1) is 24.4 Å². The summed E-state index contributed by atoms with van der Waals surface area (Å²) >= 11 is 0. The van der Waals surface area contributed by atoms with Gasteiger partial charge in [-0.1, -0.05) is 6.07 Å². The second kappa shape index (κ2) is 6.11. The molecule has 23 heavy (non-hydrogen) atoms. The van der Waals surface area contributed by atoms with E-state index >= 15 is 0 Å². The zero-order valence-electron chi connectivity index (χ0n) is 12.2. The van der Waals surface area contributed by atoms with Gasteiger partial charge in [-0.25, -0.2) is 0 Å². The van der Waals surface area contributed by atoms with Crippen LogP contribution in [0.1, 0.15) is 10.4 Å². The number of hydrogen-bond donors (Lipinski definition) is 2. The van der Waals surface area contributed by atoms with Gasteiger partial charge in [0.15, 0.2) is 0 Å². The molecule has 0 saturated carbocycles. The Kier molecular flexibility index (Phi) is 4.16. The lowest BCUT2D eigenvalue weighted by Gasteiger charge is -2.26. The number of hydrogen-bond acceptors (Lipinski definition) is 5. The topological polar surface area (TPSA) is 115 Å². The SMILES string of the molecule is NC(=O)c1cc(NS(=O)(=O)N2CCOCC2)c2ncccc2c1. The molecular weight excluding hydrogens is 320 g/mol. The molecule has 2 aromatic rings. The van der Waals surface area contributed by atoms with E-state index in [1.165, 1.54) is 10.4 Å². The number of benzene rings is 1. The van der Waals surface area contributed by atoms with Crippen LogP contribution in [0.25, 0.3) is 10.9 Å². The van der Waals surface area contributed by atoms with E-state index < -0.39 is 16.1 Å². The fourth-order valence-corrected chi connectivity index (χ4v) is 3.60. The first-order valence-corrected chi connectivity index (χ1v) is 8.45. The number of aromatic nitrogens is 1. The first-order valence-electron chi connectivity index (χ1n) is 7.01. The predicted octanol–water partition coefficient (Wildman–Crippen LogP) is 0.323. The molecule has 0 radical (unpaired) electrons. The third-order valence-electron chi connectivity index (χ3n) is 3.54. The average Bonchev–Trinajstić information content (AvgIpc) is 2.55. The molecule has 1 amide bonds. The van der Waals surface area contributed by atoms with Crippen LogP contribution in [0.3, 0.4) is 0 Å². The summed E-state index contributed by atoms with van der Waals surface area (Å²) in [6, 6.07) is 6.42. The van der Waals surface area contributed by atoms with E-state index in [2.05, 4.69) is 9.71 Å². The third kappa shape index (κ3) is 3.26. The van der Waals surface area contributed by atoms with Crippen molar-refractivity contribution in [3.8, 4) is 0 Å². The van der Waals surface area contributed by atoms with E-state index in [9.17, 15) is 13.2 Å². The Hall–Kier alpha value is -2.23. The molecule has 0 bridgehead atoms. The number of amides is 1.